The fourth-order valence-electron chi connectivity index (χ4n) is 4.37. The van der Waals surface area contributed by atoms with Gasteiger partial charge in [0.15, 0.2) is 10.8 Å². The van der Waals surface area contributed by atoms with Crippen LogP contribution in [-0.2, 0) is 11.3 Å². The third kappa shape index (κ3) is 4.90. The maximum atomic E-state index is 13.2. The lowest BCUT2D eigenvalue weighted by Crippen LogP contribution is -2.24. The zero-order chi connectivity index (χ0) is 25.9. The van der Waals surface area contributed by atoms with Crippen molar-refractivity contribution in [3.63, 3.8) is 0 Å². The van der Waals surface area contributed by atoms with E-state index in [1.807, 2.05) is 79.0 Å². The van der Waals surface area contributed by atoms with Crippen LogP contribution in [0.15, 0.2) is 95.5 Å². The molecule has 0 fully saturated rings. The maximum absolute atomic E-state index is 13.2. The summed E-state index contributed by atoms with van der Waals surface area (Å²) in [6, 6.07) is 28.3. The van der Waals surface area contributed by atoms with Crippen LogP contribution in [0, 0.1) is 0 Å². The number of anilines is 1. The number of carbonyl (C=O) groups is 1. The highest BCUT2D eigenvalue weighted by atomic mass is 32.2. The van der Waals surface area contributed by atoms with Gasteiger partial charge in [0, 0.05) is 22.9 Å². The minimum absolute atomic E-state index is 0.125. The summed E-state index contributed by atoms with van der Waals surface area (Å²) in [5, 5.41) is 15.5. The van der Waals surface area contributed by atoms with Gasteiger partial charge in [0.2, 0.25) is 11.1 Å². The molecule has 3 heterocycles. The summed E-state index contributed by atoms with van der Waals surface area (Å²) >= 11 is 2.74. The molecule has 188 valence electrons. The Hall–Kier alpha value is -4.08. The highest BCUT2D eigenvalue weighted by molar-refractivity contribution is 8.00. The molecule has 0 radical (unpaired) electrons. The standard InChI is InChI=1S/C29H24N6OS2/c1-2-24(27(36)32-28-30-22(18-37-28)20-13-7-4-8-14-20)38-29-31-26-25(33-34-29)21-15-9-10-16-23(21)35(26)17-19-11-5-3-6-12-19/h3-16,18,24H,2,17H2,1H3,(H,30,32,36). The molecule has 6 aromatic rings. The van der Waals surface area contributed by atoms with Crippen LogP contribution in [0.4, 0.5) is 5.13 Å². The van der Waals surface area contributed by atoms with Gasteiger partial charge in [-0.05, 0) is 18.1 Å². The first-order valence-electron chi connectivity index (χ1n) is 12.3. The molecule has 7 nitrogen and oxygen atoms in total. The second-order valence-electron chi connectivity index (χ2n) is 8.76. The Morgan fingerprint density at radius 3 is 2.47 bits per heavy atom. The Morgan fingerprint density at radius 1 is 0.947 bits per heavy atom. The van der Waals surface area contributed by atoms with Crippen molar-refractivity contribution in [3.05, 3.63) is 95.9 Å². The first-order valence-corrected chi connectivity index (χ1v) is 14.1. The molecule has 38 heavy (non-hydrogen) atoms. The number of nitrogens with zero attached hydrogens (tertiary/aromatic N) is 5. The highest BCUT2D eigenvalue weighted by Gasteiger charge is 2.23. The number of hydrogen-bond donors (Lipinski definition) is 1. The molecular weight excluding hydrogens is 512 g/mol. The zero-order valence-corrected chi connectivity index (χ0v) is 22.2. The summed E-state index contributed by atoms with van der Waals surface area (Å²) in [7, 11) is 0. The van der Waals surface area contributed by atoms with Crippen LogP contribution in [-0.4, -0.2) is 35.9 Å². The third-order valence-electron chi connectivity index (χ3n) is 6.25. The lowest BCUT2D eigenvalue weighted by molar-refractivity contribution is -0.115. The van der Waals surface area contributed by atoms with Crippen LogP contribution in [0.5, 0.6) is 0 Å². The van der Waals surface area contributed by atoms with Gasteiger partial charge in [-0.3, -0.25) is 4.79 Å². The van der Waals surface area contributed by atoms with Gasteiger partial charge in [0.25, 0.3) is 0 Å². The summed E-state index contributed by atoms with van der Waals surface area (Å²) in [6.07, 6.45) is 0.613. The minimum atomic E-state index is -0.384. The second kappa shape index (κ2) is 10.7. The van der Waals surface area contributed by atoms with E-state index in [4.69, 9.17) is 4.98 Å². The lowest BCUT2D eigenvalue weighted by Gasteiger charge is -2.12. The molecule has 6 rings (SSSR count). The molecule has 3 aromatic heterocycles. The zero-order valence-electron chi connectivity index (χ0n) is 20.6. The number of amides is 1. The van der Waals surface area contributed by atoms with E-state index in [1.165, 1.54) is 28.7 Å². The van der Waals surface area contributed by atoms with Crippen LogP contribution in [0.25, 0.3) is 33.3 Å². The quantitative estimate of drug-likeness (QED) is 0.219. The molecule has 0 saturated carbocycles. The van der Waals surface area contributed by atoms with Gasteiger partial charge in [0.05, 0.1) is 16.5 Å². The summed E-state index contributed by atoms with van der Waals surface area (Å²) in [5.74, 6) is -0.125. The smallest absolute Gasteiger partial charge is 0.239 e. The van der Waals surface area contributed by atoms with E-state index in [1.54, 1.807) is 0 Å². The minimum Gasteiger partial charge on any atom is -0.319 e. The molecule has 0 bridgehead atoms. The molecule has 0 spiro atoms. The molecule has 0 aliphatic rings. The van der Waals surface area contributed by atoms with E-state index in [-0.39, 0.29) is 11.2 Å². The van der Waals surface area contributed by atoms with Crippen molar-refractivity contribution in [2.24, 2.45) is 0 Å². The van der Waals surface area contributed by atoms with Gasteiger partial charge in [-0.2, -0.15) is 0 Å². The van der Waals surface area contributed by atoms with E-state index in [2.05, 4.69) is 43.3 Å². The molecule has 9 heteroatoms. The van der Waals surface area contributed by atoms with Crippen molar-refractivity contribution in [2.45, 2.75) is 30.3 Å². The van der Waals surface area contributed by atoms with Gasteiger partial charge in [-0.25, -0.2) is 9.97 Å². The maximum Gasteiger partial charge on any atom is 0.239 e. The second-order valence-corrected chi connectivity index (χ2v) is 10.8. The number of nitrogens with one attached hydrogen (secondary N) is 1. The SMILES string of the molecule is CCC(Sc1nnc2c3ccccc3n(Cc3ccccc3)c2n1)C(=O)Nc1nc(-c2ccccc2)cs1. The normalized spacial score (nSPS) is 12.1. The average molecular weight is 537 g/mol. The molecular formula is C29H24N6OS2. The molecule has 1 unspecified atom stereocenters. The predicted octanol–water partition coefficient (Wildman–Crippen LogP) is 6.66. The van der Waals surface area contributed by atoms with E-state index >= 15 is 0 Å². The fourth-order valence-corrected chi connectivity index (χ4v) is 5.91. The average Bonchev–Trinajstić information content (AvgIpc) is 3.55. The number of rotatable bonds is 8. The van der Waals surface area contributed by atoms with E-state index in [0.29, 0.717) is 23.3 Å². The van der Waals surface area contributed by atoms with Gasteiger partial charge in [-0.15, -0.1) is 21.5 Å². The molecule has 0 aliphatic heterocycles. The van der Waals surface area contributed by atoms with Crippen LogP contribution in [0.1, 0.15) is 18.9 Å². The molecule has 0 saturated heterocycles. The van der Waals surface area contributed by atoms with Gasteiger partial charge < -0.3 is 9.88 Å². The number of thioether (sulfide) groups is 1. The number of benzene rings is 3. The van der Waals surface area contributed by atoms with Gasteiger partial charge >= 0.3 is 0 Å². The Morgan fingerprint density at radius 2 is 1.68 bits per heavy atom. The van der Waals surface area contributed by atoms with E-state index in [0.717, 1.165) is 33.3 Å². The Labute approximate surface area is 228 Å². The van der Waals surface area contributed by atoms with Crippen LogP contribution in [0.2, 0.25) is 0 Å². The Balaban J connectivity index is 1.26. The monoisotopic (exact) mass is 536 g/mol. The first kappa shape index (κ1) is 24.3. The van der Waals surface area contributed by atoms with Crippen molar-refractivity contribution in [1.82, 2.24) is 24.7 Å². The Kier molecular flexibility index (Phi) is 6.85. The largest absolute Gasteiger partial charge is 0.319 e. The summed E-state index contributed by atoms with van der Waals surface area (Å²) < 4.78 is 2.17. The van der Waals surface area contributed by atoms with E-state index in [9.17, 15) is 4.79 Å². The van der Waals surface area contributed by atoms with Crippen molar-refractivity contribution in [1.29, 1.82) is 0 Å². The fraction of sp³-hybridized carbons (Fsp3) is 0.138. The number of para-hydroxylation sites is 1. The summed E-state index contributed by atoms with van der Waals surface area (Å²) in [4.78, 5) is 22.6. The summed E-state index contributed by atoms with van der Waals surface area (Å²) in [6.45, 7) is 2.64. The van der Waals surface area contributed by atoms with Crippen LogP contribution >= 0.6 is 23.1 Å². The highest BCUT2D eigenvalue weighted by Crippen LogP contribution is 2.31. The number of hydrogen-bond acceptors (Lipinski definition) is 7. The van der Waals surface area contributed by atoms with Gasteiger partial charge in [0.1, 0.15) is 5.52 Å². The van der Waals surface area contributed by atoms with Crippen LogP contribution in [0.3, 0.4) is 0 Å². The number of fused-ring (bicyclic) bond motifs is 3. The van der Waals surface area contributed by atoms with E-state index < -0.39 is 0 Å². The number of aromatic nitrogens is 5. The Bertz CT molecular complexity index is 1720. The predicted molar refractivity (Wildman–Crippen MR) is 154 cm³/mol. The van der Waals surface area contributed by atoms with Crippen molar-refractivity contribution >= 4 is 56.2 Å². The first-order chi connectivity index (χ1) is 18.7. The number of carbonyl (C=O) groups excluding carboxylic acids is 1. The van der Waals surface area contributed by atoms with Gasteiger partial charge in [-0.1, -0.05) is 97.5 Å². The van der Waals surface area contributed by atoms with Crippen molar-refractivity contribution < 1.29 is 4.79 Å². The molecule has 1 amide bonds. The molecule has 3 aromatic carbocycles. The van der Waals surface area contributed by atoms with Crippen LogP contribution < -0.4 is 5.32 Å². The molecule has 1 atom stereocenters. The summed E-state index contributed by atoms with van der Waals surface area (Å²) in [5.41, 5.74) is 5.61. The van der Waals surface area contributed by atoms with Crippen molar-refractivity contribution in [3.8, 4) is 11.3 Å². The van der Waals surface area contributed by atoms with Crippen molar-refractivity contribution in [2.75, 3.05) is 5.32 Å². The third-order valence-corrected chi connectivity index (χ3v) is 8.23. The topological polar surface area (TPSA) is 85.6 Å². The molecule has 0 aliphatic carbocycles. The lowest BCUT2D eigenvalue weighted by atomic mass is 10.2. The number of thiazole rings is 1. The molecule has 1 N–H and O–H groups in total.